The molecule has 0 saturated heterocycles. The van der Waals surface area contributed by atoms with Gasteiger partial charge in [-0.15, -0.1) is 0 Å². The van der Waals surface area contributed by atoms with Crippen LogP contribution >= 0.6 is 11.6 Å². The Labute approximate surface area is 205 Å². The molecule has 2 aromatic carbocycles. The molecule has 1 aliphatic rings. The van der Waals surface area contributed by atoms with Gasteiger partial charge < -0.3 is 15.0 Å². The monoisotopic (exact) mass is 482 g/mol. The summed E-state index contributed by atoms with van der Waals surface area (Å²) in [7, 11) is 1.29. The van der Waals surface area contributed by atoms with Gasteiger partial charge in [-0.2, -0.15) is 0 Å². The lowest BCUT2D eigenvalue weighted by molar-refractivity contribution is -0.135. The quantitative estimate of drug-likeness (QED) is 0.598. The molecular formula is C27H31ClN2O4. The van der Waals surface area contributed by atoms with Gasteiger partial charge in [0.2, 0.25) is 5.91 Å². The average molecular weight is 483 g/mol. The smallest absolute Gasteiger partial charge is 0.337 e. The molecule has 0 aliphatic carbocycles. The van der Waals surface area contributed by atoms with Crippen molar-refractivity contribution in [2.24, 2.45) is 11.3 Å². The topological polar surface area (TPSA) is 75.7 Å². The number of rotatable bonds is 6. The highest BCUT2D eigenvalue weighted by molar-refractivity contribution is 6.30. The number of benzene rings is 2. The second kappa shape index (κ2) is 10.4. The van der Waals surface area contributed by atoms with Crippen molar-refractivity contribution in [1.82, 2.24) is 10.2 Å². The number of carbonyl (C=O) groups excluding carboxylic acids is 3. The summed E-state index contributed by atoms with van der Waals surface area (Å²) in [5.74, 6) is -1.19. The van der Waals surface area contributed by atoms with E-state index in [0.29, 0.717) is 23.7 Å². The maximum absolute atomic E-state index is 13.5. The average Bonchev–Trinajstić information content (AvgIpc) is 2.81. The van der Waals surface area contributed by atoms with Crippen LogP contribution in [0.4, 0.5) is 0 Å². The van der Waals surface area contributed by atoms with E-state index in [1.165, 1.54) is 13.2 Å². The van der Waals surface area contributed by atoms with Crippen molar-refractivity contribution in [3.05, 3.63) is 76.3 Å². The van der Waals surface area contributed by atoms with Crippen LogP contribution in [0.1, 0.15) is 54.0 Å². The van der Waals surface area contributed by atoms with E-state index in [1.54, 1.807) is 23.1 Å². The maximum Gasteiger partial charge on any atom is 0.337 e. The van der Waals surface area contributed by atoms with E-state index in [1.807, 2.05) is 38.1 Å². The van der Waals surface area contributed by atoms with Crippen LogP contribution in [0.15, 0.2) is 54.6 Å². The Bertz CT molecular complexity index is 1110. The molecule has 0 aromatic heterocycles. The summed E-state index contributed by atoms with van der Waals surface area (Å²) in [6.45, 7) is 8.99. The predicted octanol–water partition coefficient (Wildman–Crippen LogP) is 4.83. The van der Waals surface area contributed by atoms with Crippen LogP contribution in [-0.4, -0.2) is 48.9 Å². The Morgan fingerprint density at radius 1 is 1.06 bits per heavy atom. The lowest BCUT2D eigenvalue weighted by atomic mass is 9.77. The Kier molecular flexibility index (Phi) is 7.82. The van der Waals surface area contributed by atoms with Crippen molar-refractivity contribution in [3.63, 3.8) is 0 Å². The molecular weight excluding hydrogens is 452 g/mol. The highest BCUT2D eigenvalue weighted by atomic mass is 35.5. The molecule has 34 heavy (non-hydrogen) atoms. The van der Waals surface area contributed by atoms with Gasteiger partial charge in [0.15, 0.2) is 0 Å². The van der Waals surface area contributed by atoms with E-state index in [-0.39, 0.29) is 22.8 Å². The molecule has 1 heterocycles. The molecule has 0 radical (unpaired) electrons. The fourth-order valence-corrected chi connectivity index (χ4v) is 4.38. The van der Waals surface area contributed by atoms with Crippen molar-refractivity contribution in [2.45, 2.75) is 33.7 Å². The first-order valence-electron chi connectivity index (χ1n) is 11.3. The largest absolute Gasteiger partial charge is 0.465 e. The third-order valence-corrected chi connectivity index (χ3v) is 6.32. The summed E-state index contributed by atoms with van der Waals surface area (Å²) >= 11 is 6.04. The zero-order valence-electron chi connectivity index (χ0n) is 20.2. The van der Waals surface area contributed by atoms with Gasteiger partial charge in [0.05, 0.1) is 12.7 Å². The van der Waals surface area contributed by atoms with E-state index in [4.69, 9.17) is 16.3 Å². The van der Waals surface area contributed by atoms with Gasteiger partial charge in [0.25, 0.3) is 5.91 Å². The number of nitrogens with zero attached hydrogens (tertiary/aromatic N) is 1. The molecule has 180 valence electrons. The lowest BCUT2D eigenvalue weighted by Gasteiger charge is -2.40. The minimum Gasteiger partial charge on any atom is -0.465 e. The molecule has 1 N–H and O–H groups in total. The molecule has 0 fully saturated rings. The summed E-state index contributed by atoms with van der Waals surface area (Å²) in [5, 5.41) is 3.56. The minimum atomic E-state index is -0.699. The second-order valence-corrected chi connectivity index (χ2v) is 9.93. The molecule has 7 heteroatoms. The normalized spacial score (nSPS) is 16.0. The highest BCUT2D eigenvalue weighted by Crippen LogP contribution is 2.38. The van der Waals surface area contributed by atoms with E-state index < -0.39 is 17.9 Å². The van der Waals surface area contributed by atoms with E-state index in [0.717, 1.165) is 11.1 Å². The van der Waals surface area contributed by atoms with E-state index >= 15 is 0 Å². The molecule has 1 atom stereocenters. The number of amides is 2. The highest BCUT2D eigenvalue weighted by Gasteiger charge is 2.36. The number of ether oxygens (including phenoxy) is 1. The van der Waals surface area contributed by atoms with Crippen LogP contribution in [0, 0.1) is 11.3 Å². The fourth-order valence-electron chi connectivity index (χ4n) is 4.25. The molecule has 0 bridgehead atoms. The molecule has 0 saturated carbocycles. The lowest BCUT2D eigenvalue weighted by Crippen LogP contribution is -2.54. The van der Waals surface area contributed by atoms with E-state index in [2.05, 4.69) is 25.2 Å². The fraction of sp³-hybridized carbons (Fsp3) is 0.370. The van der Waals surface area contributed by atoms with Crippen molar-refractivity contribution in [3.8, 4) is 0 Å². The van der Waals surface area contributed by atoms with Gasteiger partial charge in [0, 0.05) is 29.1 Å². The van der Waals surface area contributed by atoms with E-state index in [9.17, 15) is 14.4 Å². The number of nitrogens with one attached hydrogen (secondary N) is 1. The van der Waals surface area contributed by atoms with Gasteiger partial charge in [0.1, 0.15) is 6.04 Å². The van der Waals surface area contributed by atoms with Gasteiger partial charge in [-0.1, -0.05) is 63.6 Å². The second-order valence-electron chi connectivity index (χ2n) is 9.49. The zero-order valence-corrected chi connectivity index (χ0v) is 21.0. The van der Waals surface area contributed by atoms with Crippen LogP contribution in [0.2, 0.25) is 5.02 Å². The summed E-state index contributed by atoms with van der Waals surface area (Å²) in [5.41, 5.74) is 2.55. The Balaban J connectivity index is 1.78. The van der Waals surface area contributed by atoms with Gasteiger partial charge in [-0.05, 0) is 47.4 Å². The standard InChI is InChI=1S/C27H31ClN2O4/c1-17(2)23(29-24(31)19-7-6-8-20(15-19)26(33)34-5)25(32)30-14-13-22(27(3,4)16-30)18-9-11-21(28)12-10-18/h6-13,15,17,23H,14,16H2,1-5H3,(H,29,31)/t23-/m1/s1. The third kappa shape index (κ3) is 5.68. The van der Waals surface area contributed by atoms with Crippen LogP contribution < -0.4 is 5.32 Å². The van der Waals surface area contributed by atoms with Crippen molar-refractivity contribution >= 4 is 35.0 Å². The van der Waals surface area contributed by atoms with Gasteiger partial charge >= 0.3 is 5.97 Å². The molecule has 0 spiro atoms. The number of methoxy groups -OCH3 is 1. The summed E-state index contributed by atoms with van der Waals surface area (Å²) in [6, 6.07) is 13.3. The van der Waals surface area contributed by atoms with Gasteiger partial charge in [-0.3, -0.25) is 9.59 Å². The van der Waals surface area contributed by atoms with Crippen molar-refractivity contribution < 1.29 is 19.1 Å². The number of halogens is 1. The molecule has 1 aliphatic heterocycles. The zero-order chi connectivity index (χ0) is 25.0. The summed E-state index contributed by atoms with van der Waals surface area (Å²) in [6.07, 6.45) is 2.07. The summed E-state index contributed by atoms with van der Waals surface area (Å²) < 4.78 is 4.73. The maximum atomic E-state index is 13.5. The molecule has 2 amide bonds. The van der Waals surface area contributed by atoms with Crippen LogP contribution in [0.25, 0.3) is 5.57 Å². The number of hydrogen-bond acceptors (Lipinski definition) is 4. The van der Waals surface area contributed by atoms with Crippen LogP contribution in [0.5, 0.6) is 0 Å². The van der Waals surface area contributed by atoms with Gasteiger partial charge in [-0.25, -0.2) is 4.79 Å². The van der Waals surface area contributed by atoms with Crippen molar-refractivity contribution in [2.75, 3.05) is 20.2 Å². The number of hydrogen-bond donors (Lipinski definition) is 1. The predicted molar refractivity (Wildman–Crippen MR) is 134 cm³/mol. The first kappa shape index (κ1) is 25.5. The number of esters is 1. The molecule has 3 rings (SSSR count). The van der Waals surface area contributed by atoms with Crippen molar-refractivity contribution in [1.29, 1.82) is 0 Å². The summed E-state index contributed by atoms with van der Waals surface area (Å²) in [4.78, 5) is 40.0. The molecule has 6 nitrogen and oxygen atoms in total. The third-order valence-electron chi connectivity index (χ3n) is 6.06. The van der Waals surface area contributed by atoms with Crippen LogP contribution in [0.3, 0.4) is 0 Å². The first-order valence-corrected chi connectivity index (χ1v) is 11.7. The molecule has 0 unspecified atom stereocenters. The minimum absolute atomic E-state index is 0.120. The van der Waals surface area contributed by atoms with Crippen LogP contribution in [-0.2, 0) is 9.53 Å². The Hall–Kier alpha value is -3.12. The molecule has 2 aromatic rings. The first-order chi connectivity index (χ1) is 16.0. The SMILES string of the molecule is COC(=O)c1cccc(C(=O)N[C@@H](C(=O)N2CC=C(c3ccc(Cl)cc3)C(C)(C)C2)C(C)C)c1. The Morgan fingerprint density at radius 3 is 2.29 bits per heavy atom. The Morgan fingerprint density at radius 2 is 1.71 bits per heavy atom. The number of carbonyl (C=O) groups is 3.